The van der Waals surface area contributed by atoms with Crippen molar-refractivity contribution in [1.82, 2.24) is 0 Å². The van der Waals surface area contributed by atoms with Crippen molar-refractivity contribution >= 4 is 41.0 Å². The van der Waals surface area contributed by atoms with Crippen LogP contribution in [0.3, 0.4) is 0 Å². The average Bonchev–Trinajstić information content (AvgIpc) is 2.64. The largest absolute Gasteiger partial charge is 0.497 e. The fourth-order valence-corrected chi connectivity index (χ4v) is 2.61. The summed E-state index contributed by atoms with van der Waals surface area (Å²) in [6.07, 6.45) is 2.74. The molecule has 0 aromatic heterocycles. The highest BCUT2D eigenvalue weighted by molar-refractivity contribution is 6.36. The SMILES string of the molecule is COc1ccc(/C=C/C(=O)OCC(=O)c2ccc(Cl)cc2Cl)c(OC)c1. The zero-order valence-corrected chi connectivity index (χ0v) is 15.6. The van der Waals surface area contributed by atoms with Crippen LogP contribution in [0.25, 0.3) is 6.08 Å². The van der Waals surface area contributed by atoms with Crippen LogP contribution in [-0.4, -0.2) is 32.6 Å². The van der Waals surface area contributed by atoms with Gasteiger partial charge in [0.2, 0.25) is 5.78 Å². The van der Waals surface area contributed by atoms with Gasteiger partial charge in [0.05, 0.1) is 19.2 Å². The average molecular weight is 395 g/mol. The molecule has 2 aromatic carbocycles. The van der Waals surface area contributed by atoms with Gasteiger partial charge in [-0.15, -0.1) is 0 Å². The highest BCUT2D eigenvalue weighted by Gasteiger charge is 2.12. The van der Waals surface area contributed by atoms with Gasteiger partial charge < -0.3 is 14.2 Å². The Morgan fingerprint density at radius 2 is 1.81 bits per heavy atom. The molecule has 0 aliphatic carbocycles. The van der Waals surface area contributed by atoms with E-state index in [0.29, 0.717) is 22.1 Å². The Morgan fingerprint density at radius 1 is 1.04 bits per heavy atom. The lowest BCUT2D eigenvalue weighted by atomic mass is 10.1. The molecular weight excluding hydrogens is 379 g/mol. The molecule has 26 heavy (non-hydrogen) atoms. The maximum absolute atomic E-state index is 12.1. The van der Waals surface area contributed by atoms with Crippen LogP contribution >= 0.6 is 23.2 Å². The van der Waals surface area contributed by atoms with E-state index in [0.717, 1.165) is 0 Å². The number of carbonyl (C=O) groups excluding carboxylic acids is 2. The van der Waals surface area contributed by atoms with Crippen LogP contribution in [0.4, 0.5) is 0 Å². The summed E-state index contributed by atoms with van der Waals surface area (Å²) >= 11 is 11.7. The van der Waals surface area contributed by atoms with Gasteiger partial charge in [-0.1, -0.05) is 23.2 Å². The number of hydrogen-bond donors (Lipinski definition) is 0. The maximum atomic E-state index is 12.1. The van der Waals surface area contributed by atoms with Crippen molar-refractivity contribution in [2.24, 2.45) is 0 Å². The number of esters is 1. The first-order chi connectivity index (χ1) is 12.4. The molecule has 2 aromatic rings. The minimum Gasteiger partial charge on any atom is -0.497 e. The Bertz CT molecular complexity index is 846. The van der Waals surface area contributed by atoms with Gasteiger partial charge in [-0.05, 0) is 36.4 Å². The molecule has 0 unspecified atom stereocenters. The minimum absolute atomic E-state index is 0.206. The van der Waals surface area contributed by atoms with Gasteiger partial charge in [-0.3, -0.25) is 4.79 Å². The van der Waals surface area contributed by atoms with E-state index in [-0.39, 0.29) is 10.6 Å². The molecule has 0 aliphatic rings. The topological polar surface area (TPSA) is 61.8 Å². The number of ketones is 1. The smallest absolute Gasteiger partial charge is 0.331 e. The van der Waals surface area contributed by atoms with E-state index in [2.05, 4.69) is 0 Å². The number of carbonyl (C=O) groups is 2. The van der Waals surface area contributed by atoms with Gasteiger partial charge in [0.1, 0.15) is 11.5 Å². The number of methoxy groups -OCH3 is 2. The number of halogens is 2. The highest BCUT2D eigenvalue weighted by atomic mass is 35.5. The van der Waals surface area contributed by atoms with Crippen molar-refractivity contribution in [1.29, 1.82) is 0 Å². The molecule has 2 rings (SSSR count). The first kappa shape index (κ1) is 19.8. The van der Waals surface area contributed by atoms with Crippen molar-refractivity contribution in [3.63, 3.8) is 0 Å². The standard InChI is InChI=1S/C19H16Cl2O5/c1-24-14-6-3-12(18(10-14)25-2)4-8-19(23)26-11-17(22)15-7-5-13(20)9-16(15)21/h3-10H,11H2,1-2H3/b8-4+. The summed E-state index contributed by atoms with van der Waals surface area (Å²) in [7, 11) is 3.06. The summed E-state index contributed by atoms with van der Waals surface area (Å²) in [5, 5.41) is 0.622. The van der Waals surface area contributed by atoms with Crippen LogP contribution in [0, 0.1) is 0 Å². The van der Waals surface area contributed by atoms with Crippen molar-refractivity contribution in [3.05, 3.63) is 63.6 Å². The number of hydrogen-bond acceptors (Lipinski definition) is 5. The normalized spacial score (nSPS) is 10.6. The van der Waals surface area contributed by atoms with E-state index < -0.39 is 18.4 Å². The van der Waals surface area contributed by atoms with Gasteiger partial charge in [0, 0.05) is 28.3 Å². The van der Waals surface area contributed by atoms with Gasteiger partial charge >= 0.3 is 5.97 Å². The van der Waals surface area contributed by atoms with Gasteiger partial charge in [0.15, 0.2) is 6.61 Å². The number of benzene rings is 2. The molecule has 5 nitrogen and oxygen atoms in total. The number of Topliss-reactive ketones (excluding diaryl/α,β-unsaturated/α-hetero) is 1. The minimum atomic E-state index is -0.665. The number of rotatable bonds is 7. The quantitative estimate of drug-likeness (QED) is 0.394. The molecule has 0 N–H and O–H groups in total. The monoisotopic (exact) mass is 394 g/mol. The number of ether oxygens (including phenoxy) is 3. The molecule has 0 bridgehead atoms. The van der Waals surface area contributed by atoms with Crippen LogP contribution in [0.1, 0.15) is 15.9 Å². The third-order valence-electron chi connectivity index (χ3n) is 3.42. The Hall–Kier alpha value is -2.50. The van der Waals surface area contributed by atoms with E-state index in [4.69, 9.17) is 37.4 Å². The predicted octanol–water partition coefficient (Wildman–Crippen LogP) is 4.45. The Balaban J connectivity index is 1.98. The molecule has 0 amide bonds. The molecule has 0 spiro atoms. The van der Waals surface area contributed by atoms with Crippen LogP contribution < -0.4 is 9.47 Å². The van der Waals surface area contributed by atoms with E-state index in [1.54, 1.807) is 31.4 Å². The molecule has 0 atom stereocenters. The molecule has 7 heteroatoms. The summed E-state index contributed by atoms with van der Waals surface area (Å²) in [6.45, 7) is -0.426. The summed E-state index contributed by atoms with van der Waals surface area (Å²) in [4.78, 5) is 23.9. The highest BCUT2D eigenvalue weighted by Crippen LogP contribution is 2.25. The maximum Gasteiger partial charge on any atom is 0.331 e. The van der Waals surface area contributed by atoms with Crippen LogP contribution in [0.5, 0.6) is 11.5 Å². The third-order valence-corrected chi connectivity index (χ3v) is 3.96. The van der Waals surface area contributed by atoms with Gasteiger partial charge in [0.25, 0.3) is 0 Å². The Morgan fingerprint density at radius 3 is 2.46 bits per heavy atom. The van der Waals surface area contributed by atoms with Crippen molar-refractivity contribution in [2.45, 2.75) is 0 Å². The van der Waals surface area contributed by atoms with E-state index >= 15 is 0 Å². The van der Waals surface area contributed by atoms with Crippen LogP contribution in [0.15, 0.2) is 42.5 Å². The second kappa shape index (κ2) is 9.27. The molecule has 136 valence electrons. The molecule has 0 saturated carbocycles. The zero-order valence-electron chi connectivity index (χ0n) is 14.1. The second-order valence-electron chi connectivity index (χ2n) is 5.10. The second-order valence-corrected chi connectivity index (χ2v) is 5.94. The first-order valence-electron chi connectivity index (χ1n) is 7.49. The molecule has 0 saturated heterocycles. The van der Waals surface area contributed by atoms with Crippen molar-refractivity contribution in [3.8, 4) is 11.5 Å². The summed E-state index contributed by atoms with van der Waals surface area (Å²) < 4.78 is 15.3. The Kier molecular flexibility index (Phi) is 7.06. The van der Waals surface area contributed by atoms with Gasteiger partial charge in [-0.2, -0.15) is 0 Å². The zero-order chi connectivity index (χ0) is 19.1. The molecule has 0 fully saturated rings. The lowest BCUT2D eigenvalue weighted by molar-refractivity contribution is -0.136. The van der Waals surface area contributed by atoms with Gasteiger partial charge in [-0.25, -0.2) is 4.79 Å². The lowest BCUT2D eigenvalue weighted by Gasteiger charge is -2.07. The lowest BCUT2D eigenvalue weighted by Crippen LogP contribution is -2.13. The van der Waals surface area contributed by atoms with E-state index in [1.807, 2.05) is 0 Å². The van der Waals surface area contributed by atoms with Crippen molar-refractivity contribution < 1.29 is 23.8 Å². The van der Waals surface area contributed by atoms with Crippen LogP contribution in [-0.2, 0) is 9.53 Å². The Labute approximate surface area is 161 Å². The summed E-state index contributed by atoms with van der Waals surface area (Å²) in [5.74, 6) is 0.0844. The van der Waals surface area contributed by atoms with Crippen LogP contribution in [0.2, 0.25) is 10.0 Å². The molecular formula is C19H16Cl2O5. The van der Waals surface area contributed by atoms with E-state index in [9.17, 15) is 9.59 Å². The van der Waals surface area contributed by atoms with Crippen molar-refractivity contribution in [2.75, 3.05) is 20.8 Å². The fourth-order valence-electron chi connectivity index (χ4n) is 2.09. The third kappa shape index (κ3) is 5.25. The fraction of sp³-hybridized carbons (Fsp3) is 0.158. The first-order valence-corrected chi connectivity index (χ1v) is 8.25. The summed E-state index contributed by atoms with van der Waals surface area (Å²) in [6, 6.07) is 9.64. The molecule has 0 heterocycles. The molecule has 0 aliphatic heterocycles. The van der Waals surface area contributed by atoms with E-state index in [1.165, 1.54) is 31.4 Å². The summed E-state index contributed by atoms with van der Waals surface area (Å²) in [5.41, 5.74) is 0.905. The predicted molar refractivity (Wildman–Crippen MR) is 100 cm³/mol. The molecule has 0 radical (unpaired) electrons.